The van der Waals surface area contributed by atoms with Crippen molar-refractivity contribution in [2.45, 2.75) is 33.2 Å². The molecule has 0 atom stereocenters. The molecule has 0 aliphatic heterocycles. The second-order valence-corrected chi connectivity index (χ2v) is 8.01. The fraction of sp³-hybridized carbons (Fsp3) is 0.348. The lowest BCUT2D eigenvalue weighted by Gasteiger charge is -2.34. The summed E-state index contributed by atoms with van der Waals surface area (Å²) in [5.74, 6) is 0.450. The van der Waals surface area contributed by atoms with Gasteiger partial charge < -0.3 is 30.1 Å². The highest BCUT2D eigenvalue weighted by atomic mass is 16.7. The summed E-state index contributed by atoms with van der Waals surface area (Å²) in [6.07, 6.45) is 0.0346. The molecule has 0 heterocycles. The Balaban J connectivity index is 2.13. The van der Waals surface area contributed by atoms with Gasteiger partial charge in [-0.05, 0) is 57.5 Å². The standard InChI is InChI=1S/C23H30N4O6/c1-14-8-9-16(12-17(14)24)27(23(2,3)4)33-22(29)26-13-25-21(28)15-10-18(30-5)20(32-7)19(11-15)31-6/h8-13H,24H2,1-7H3,(H,25,26,28,29). The summed E-state index contributed by atoms with van der Waals surface area (Å²) in [5.41, 5.74) is 7.70. The van der Waals surface area contributed by atoms with E-state index in [9.17, 15) is 9.59 Å². The molecule has 0 aromatic heterocycles. The van der Waals surface area contributed by atoms with Gasteiger partial charge in [-0.2, -0.15) is 10.1 Å². The number of ether oxygens (including phenoxy) is 3. The summed E-state index contributed by atoms with van der Waals surface area (Å²) in [6.45, 7) is 7.48. The Morgan fingerprint density at radius 1 is 1.03 bits per heavy atom. The number of aryl methyl sites for hydroxylation is 1. The summed E-state index contributed by atoms with van der Waals surface area (Å²) in [6, 6.07) is 8.29. The lowest BCUT2D eigenvalue weighted by molar-refractivity contribution is 0.0977. The Hall–Kier alpha value is -3.95. The maximum atomic E-state index is 12.5. The van der Waals surface area contributed by atoms with Crippen LogP contribution in [0.15, 0.2) is 35.3 Å². The normalized spacial score (nSPS) is 11.1. The van der Waals surface area contributed by atoms with Gasteiger partial charge >= 0.3 is 6.09 Å². The van der Waals surface area contributed by atoms with E-state index in [4.69, 9.17) is 24.8 Å². The van der Waals surface area contributed by atoms with Crippen LogP contribution in [0.1, 0.15) is 36.7 Å². The van der Waals surface area contributed by atoms with Gasteiger partial charge in [0.2, 0.25) is 5.75 Å². The first-order valence-corrected chi connectivity index (χ1v) is 10.0. The van der Waals surface area contributed by atoms with Crippen LogP contribution in [0.5, 0.6) is 17.2 Å². The van der Waals surface area contributed by atoms with Crippen LogP contribution in [0.2, 0.25) is 0 Å². The third kappa shape index (κ3) is 6.28. The van der Waals surface area contributed by atoms with Crippen molar-refractivity contribution in [1.82, 2.24) is 5.32 Å². The number of benzene rings is 2. The van der Waals surface area contributed by atoms with Crippen molar-refractivity contribution in [3.63, 3.8) is 0 Å². The number of hydrogen-bond acceptors (Lipinski definition) is 8. The van der Waals surface area contributed by atoms with Crippen LogP contribution < -0.4 is 30.3 Å². The number of nitrogens with two attached hydrogens (primary N) is 1. The van der Waals surface area contributed by atoms with Gasteiger partial charge in [0.15, 0.2) is 11.5 Å². The van der Waals surface area contributed by atoms with Crippen molar-refractivity contribution in [2.75, 3.05) is 32.1 Å². The molecule has 178 valence electrons. The van der Waals surface area contributed by atoms with Crippen molar-refractivity contribution >= 4 is 29.7 Å². The van der Waals surface area contributed by atoms with E-state index >= 15 is 0 Å². The minimum absolute atomic E-state index is 0.218. The molecule has 0 saturated carbocycles. The van der Waals surface area contributed by atoms with E-state index in [2.05, 4.69) is 10.3 Å². The number of rotatable bonds is 7. The predicted molar refractivity (Wildman–Crippen MR) is 126 cm³/mol. The van der Waals surface area contributed by atoms with Crippen molar-refractivity contribution < 1.29 is 28.6 Å². The Labute approximate surface area is 193 Å². The first-order valence-electron chi connectivity index (χ1n) is 10.0. The quantitative estimate of drug-likeness (QED) is 0.278. The zero-order valence-electron chi connectivity index (χ0n) is 19.9. The van der Waals surface area contributed by atoms with E-state index in [1.165, 1.54) is 38.5 Å². The molecule has 2 rings (SSSR count). The molecule has 0 fully saturated rings. The summed E-state index contributed by atoms with van der Waals surface area (Å²) in [7, 11) is 4.35. The van der Waals surface area contributed by atoms with Crippen LogP contribution in [0.4, 0.5) is 16.2 Å². The lowest BCUT2D eigenvalue weighted by atomic mass is 10.1. The van der Waals surface area contributed by atoms with Gasteiger partial charge in [-0.3, -0.25) is 4.79 Å². The van der Waals surface area contributed by atoms with Crippen LogP contribution in [0, 0.1) is 6.92 Å². The zero-order valence-corrected chi connectivity index (χ0v) is 19.9. The van der Waals surface area contributed by atoms with E-state index in [-0.39, 0.29) is 5.56 Å². The highest BCUT2D eigenvalue weighted by Crippen LogP contribution is 2.38. The molecule has 0 saturated heterocycles. The van der Waals surface area contributed by atoms with E-state index in [0.29, 0.717) is 28.6 Å². The molecule has 0 aliphatic rings. The number of aliphatic imine (C=N–C) groups is 1. The van der Waals surface area contributed by atoms with Gasteiger partial charge in [-0.15, -0.1) is 0 Å². The van der Waals surface area contributed by atoms with Crippen molar-refractivity contribution in [1.29, 1.82) is 0 Å². The van der Waals surface area contributed by atoms with E-state index in [1.54, 1.807) is 12.1 Å². The van der Waals surface area contributed by atoms with Gasteiger partial charge in [0, 0.05) is 11.3 Å². The minimum atomic E-state index is -0.922. The summed E-state index contributed by atoms with van der Waals surface area (Å²) in [4.78, 5) is 33.9. The molecule has 0 unspecified atom stereocenters. The van der Waals surface area contributed by atoms with Crippen LogP contribution in [0.3, 0.4) is 0 Å². The molecular formula is C23H30N4O6. The maximum absolute atomic E-state index is 12.5. The Morgan fingerprint density at radius 3 is 2.12 bits per heavy atom. The summed E-state index contributed by atoms with van der Waals surface area (Å²) >= 11 is 0. The summed E-state index contributed by atoms with van der Waals surface area (Å²) in [5, 5.41) is 3.82. The number of methoxy groups -OCH3 is 3. The molecule has 3 N–H and O–H groups in total. The number of hydrogen-bond donors (Lipinski definition) is 2. The third-order valence-corrected chi connectivity index (χ3v) is 4.57. The second kappa shape index (κ2) is 10.6. The van der Waals surface area contributed by atoms with Gasteiger partial charge in [-0.25, -0.2) is 4.79 Å². The molecule has 10 heteroatoms. The van der Waals surface area contributed by atoms with Crippen LogP contribution in [-0.4, -0.2) is 45.2 Å². The number of anilines is 2. The molecule has 2 aromatic carbocycles. The fourth-order valence-electron chi connectivity index (χ4n) is 2.87. The van der Waals surface area contributed by atoms with E-state index in [0.717, 1.165) is 11.9 Å². The van der Waals surface area contributed by atoms with Crippen molar-refractivity contribution in [2.24, 2.45) is 4.99 Å². The lowest BCUT2D eigenvalue weighted by Crippen LogP contribution is -2.42. The van der Waals surface area contributed by atoms with Crippen molar-refractivity contribution in [3.8, 4) is 17.2 Å². The predicted octanol–water partition coefficient (Wildman–Crippen LogP) is 3.72. The molecule has 0 radical (unpaired) electrons. The summed E-state index contributed by atoms with van der Waals surface area (Å²) < 4.78 is 15.7. The van der Waals surface area contributed by atoms with E-state index < -0.39 is 17.5 Å². The second-order valence-electron chi connectivity index (χ2n) is 8.01. The topological polar surface area (TPSA) is 125 Å². The Bertz CT molecular complexity index is 1020. The minimum Gasteiger partial charge on any atom is -0.493 e. The molecule has 33 heavy (non-hydrogen) atoms. The van der Waals surface area contributed by atoms with Crippen LogP contribution in [0.25, 0.3) is 0 Å². The molecule has 0 bridgehead atoms. The first-order chi connectivity index (χ1) is 15.5. The molecule has 2 amide bonds. The highest BCUT2D eigenvalue weighted by molar-refractivity contribution is 6.02. The van der Waals surface area contributed by atoms with Gasteiger partial charge in [0.1, 0.15) is 6.34 Å². The number of amides is 2. The van der Waals surface area contributed by atoms with Crippen molar-refractivity contribution in [3.05, 3.63) is 41.5 Å². The average Bonchev–Trinajstić information content (AvgIpc) is 2.77. The Morgan fingerprint density at radius 2 is 1.64 bits per heavy atom. The molecule has 10 nitrogen and oxygen atoms in total. The monoisotopic (exact) mass is 458 g/mol. The Kier molecular flexibility index (Phi) is 8.11. The SMILES string of the molecule is COc1cc(C(=O)NC=NC(=O)ON(c2ccc(C)c(N)c2)C(C)(C)C)cc(OC)c1OC. The number of nitrogens with zero attached hydrogens (tertiary/aromatic N) is 2. The number of carbonyl (C=O) groups is 2. The molecule has 0 spiro atoms. The zero-order chi connectivity index (χ0) is 24.8. The fourth-order valence-corrected chi connectivity index (χ4v) is 2.87. The number of carbonyl (C=O) groups excluding carboxylic acids is 2. The third-order valence-electron chi connectivity index (χ3n) is 4.57. The average molecular weight is 459 g/mol. The van der Waals surface area contributed by atoms with E-state index in [1.807, 2.05) is 33.8 Å². The smallest absolute Gasteiger partial charge is 0.459 e. The largest absolute Gasteiger partial charge is 0.493 e. The molecule has 0 aliphatic carbocycles. The van der Waals surface area contributed by atoms with Gasteiger partial charge in [0.05, 0.1) is 32.6 Å². The number of nitrogens with one attached hydrogen (secondary N) is 1. The van der Waals surface area contributed by atoms with Gasteiger partial charge in [-0.1, -0.05) is 6.07 Å². The van der Waals surface area contributed by atoms with Crippen LogP contribution in [-0.2, 0) is 4.84 Å². The number of hydroxylamine groups is 1. The van der Waals surface area contributed by atoms with Gasteiger partial charge in [0.25, 0.3) is 5.91 Å². The number of nitrogen functional groups attached to an aromatic ring is 1. The first kappa shape index (κ1) is 25.3. The maximum Gasteiger partial charge on any atom is 0.459 e. The van der Waals surface area contributed by atoms with Crippen LogP contribution >= 0.6 is 0 Å². The highest BCUT2D eigenvalue weighted by Gasteiger charge is 2.26. The molecule has 2 aromatic rings. The molecular weight excluding hydrogens is 428 g/mol.